The quantitative estimate of drug-likeness (QED) is 0.295. The van der Waals surface area contributed by atoms with Crippen LogP contribution in [-0.4, -0.2) is 63.2 Å². The predicted octanol–water partition coefficient (Wildman–Crippen LogP) is -3.27. The maximum absolute atomic E-state index is 12.0. The summed E-state index contributed by atoms with van der Waals surface area (Å²) in [7, 11) is 0. The van der Waals surface area contributed by atoms with Crippen LogP contribution in [0.2, 0.25) is 0 Å². The Labute approximate surface area is 154 Å². The molecule has 0 aliphatic carbocycles. The molecule has 1 saturated heterocycles. The summed E-state index contributed by atoms with van der Waals surface area (Å²) >= 11 is 0. The average Bonchev–Trinajstić information content (AvgIpc) is 2.89. The third-order valence-electron chi connectivity index (χ3n) is 4.19. The standard InChI is InChI=1S/C15H22N6O6/c16-4-1-2-8(18)13(24)26-6-9-11(22)12(23)15(7-17,27-9)21-5-3-10(19)20-14(21)25/h3,5,8-9,11-12,22-23H,1-2,4,6,16,18H2,(H2,19,20,25)/t8-,9-,11?,12?,15-/m1/s1. The summed E-state index contributed by atoms with van der Waals surface area (Å²) in [5, 5.41) is 30.0. The Balaban J connectivity index is 2.15. The van der Waals surface area contributed by atoms with Gasteiger partial charge in [-0.05, 0) is 25.5 Å². The molecule has 1 aromatic rings. The second-order valence-electron chi connectivity index (χ2n) is 6.07. The van der Waals surface area contributed by atoms with Gasteiger partial charge in [-0.3, -0.25) is 9.36 Å². The summed E-state index contributed by atoms with van der Waals surface area (Å²) in [4.78, 5) is 27.4. The molecule has 2 rings (SSSR count). The van der Waals surface area contributed by atoms with E-state index in [0.717, 1.165) is 6.20 Å². The fourth-order valence-corrected chi connectivity index (χ4v) is 2.68. The van der Waals surface area contributed by atoms with Gasteiger partial charge in [-0.15, -0.1) is 0 Å². The monoisotopic (exact) mass is 382 g/mol. The van der Waals surface area contributed by atoms with Crippen LogP contribution < -0.4 is 22.9 Å². The first kappa shape index (κ1) is 20.7. The van der Waals surface area contributed by atoms with Gasteiger partial charge in [0.15, 0.2) is 0 Å². The van der Waals surface area contributed by atoms with Gasteiger partial charge in [-0.25, -0.2) is 4.79 Å². The number of carbonyl (C=O) groups is 1. The molecule has 0 spiro atoms. The number of aliphatic hydroxyl groups is 2. The van der Waals surface area contributed by atoms with Crippen molar-refractivity contribution < 1.29 is 24.5 Å². The van der Waals surface area contributed by atoms with Crippen molar-refractivity contribution in [3.05, 3.63) is 22.7 Å². The molecule has 0 amide bonds. The maximum Gasteiger partial charge on any atom is 0.352 e. The van der Waals surface area contributed by atoms with E-state index in [2.05, 4.69) is 4.98 Å². The number of nitrogens with zero attached hydrogens (tertiary/aromatic N) is 3. The van der Waals surface area contributed by atoms with Crippen LogP contribution in [0.3, 0.4) is 0 Å². The lowest BCUT2D eigenvalue weighted by Crippen LogP contribution is -2.49. The lowest BCUT2D eigenvalue weighted by atomic mass is 10.0. The third kappa shape index (κ3) is 4.07. The van der Waals surface area contributed by atoms with E-state index < -0.39 is 48.3 Å². The van der Waals surface area contributed by atoms with Crippen molar-refractivity contribution in [2.24, 2.45) is 11.5 Å². The van der Waals surface area contributed by atoms with E-state index in [-0.39, 0.29) is 5.82 Å². The van der Waals surface area contributed by atoms with Gasteiger partial charge in [0.05, 0.1) is 0 Å². The Bertz CT molecular complexity index is 779. The lowest BCUT2D eigenvalue weighted by Gasteiger charge is -2.26. The first-order valence-electron chi connectivity index (χ1n) is 8.20. The summed E-state index contributed by atoms with van der Waals surface area (Å²) < 4.78 is 11.1. The minimum atomic E-state index is -2.25. The Hall–Kier alpha value is -2.56. The van der Waals surface area contributed by atoms with Crippen molar-refractivity contribution in [3.63, 3.8) is 0 Å². The summed E-state index contributed by atoms with van der Waals surface area (Å²) in [6.45, 7) is -0.110. The van der Waals surface area contributed by atoms with Crippen LogP contribution in [-0.2, 0) is 20.0 Å². The number of hydrogen-bond acceptors (Lipinski definition) is 11. The fourth-order valence-electron chi connectivity index (χ4n) is 2.68. The zero-order chi connectivity index (χ0) is 20.2. The van der Waals surface area contributed by atoms with Gasteiger partial charge in [0.1, 0.15) is 42.8 Å². The molecule has 2 unspecified atom stereocenters. The highest BCUT2D eigenvalue weighted by Gasteiger charge is 2.57. The van der Waals surface area contributed by atoms with E-state index in [1.807, 2.05) is 0 Å². The first-order valence-corrected chi connectivity index (χ1v) is 8.20. The molecule has 0 bridgehead atoms. The Morgan fingerprint density at radius 2 is 2.26 bits per heavy atom. The van der Waals surface area contributed by atoms with Gasteiger partial charge in [0.25, 0.3) is 5.72 Å². The predicted molar refractivity (Wildman–Crippen MR) is 90.6 cm³/mol. The molecule has 0 aromatic carbocycles. The lowest BCUT2D eigenvalue weighted by molar-refractivity contribution is -0.155. The van der Waals surface area contributed by atoms with Crippen LogP contribution in [0.5, 0.6) is 0 Å². The summed E-state index contributed by atoms with van der Waals surface area (Å²) in [6, 6.07) is 2.00. The number of carbonyl (C=O) groups excluding carboxylic acids is 1. The molecule has 1 aliphatic rings. The number of nitriles is 1. The molecule has 27 heavy (non-hydrogen) atoms. The second-order valence-corrected chi connectivity index (χ2v) is 6.07. The second kappa shape index (κ2) is 8.42. The molecule has 1 fully saturated rings. The third-order valence-corrected chi connectivity index (χ3v) is 4.19. The molecule has 0 saturated carbocycles. The van der Waals surface area contributed by atoms with Crippen molar-refractivity contribution in [2.75, 3.05) is 18.9 Å². The van der Waals surface area contributed by atoms with Gasteiger partial charge in [0, 0.05) is 6.20 Å². The molecule has 1 aliphatic heterocycles. The van der Waals surface area contributed by atoms with Crippen molar-refractivity contribution in [1.29, 1.82) is 5.26 Å². The van der Waals surface area contributed by atoms with Crippen molar-refractivity contribution in [3.8, 4) is 6.07 Å². The first-order chi connectivity index (χ1) is 12.8. The minimum absolute atomic E-state index is 0.0886. The Morgan fingerprint density at radius 3 is 2.85 bits per heavy atom. The van der Waals surface area contributed by atoms with Crippen molar-refractivity contribution in [1.82, 2.24) is 9.55 Å². The number of aromatic nitrogens is 2. The average molecular weight is 382 g/mol. The van der Waals surface area contributed by atoms with Crippen molar-refractivity contribution >= 4 is 11.8 Å². The number of ether oxygens (including phenoxy) is 2. The topological polar surface area (TPSA) is 213 Å². The van der Waals surface area contributed by atoms with E-state index in [4.69, 9.17) is 26.7 Å². The maximum atomic E-state index is 12.0. The number of hydrogen-bond donors (Lipinski definition) is 5. The summed E-state index contributed by atoms with van der Waals surface area (Å²) in [5.41, 5.74) is 13.2. The molecule has 148 valence electrons. The van der Waals surface area contributed by atoms with E-state index in [9.17, 15) is 25.1 Å². The largest absolute Gasteiger partial charge is 0.462 e. The number of nitrogen functional groups attached to an aromatic ring is 1. The summed E-state index contributed by atoms with van der Waals surface area (Å²) in [5.74, 6) is -0.830. The van der Waals surface area contributed by atoms with Gasteiger partial charge < -0.3 is 36.9 Å². The van der Waals surface area contributed by atoms with Gasteiger partial charge in [-0.1, -0.05) is 0 Å². The van der Waals surface area contributed by atoms with Crippen LogP contribution in [0.1, 0.15) is 12.8 Å². The molecule has 5 atom stereocenters. The van der Waals surface area contributed by atoms with E-state index in [0.29, 0.717) is 24.0 Å². The highest BCUT2D eigenvalue weighted by Crippen LogP contribution is 2.34. The smallest absolute Gasteiger partial charge is 0.352 e. The highest BCUT2D eigenvalue weighted by atomic mass is 16.6. The van der Waals surface area contributed by atoms with Crippen LogP contribution in [0.25, 0.3) is 0 Å². The van der Waals surface area contributed by atoms with Crippen molar-refractivity contribution in [2.45, 2.75) is 42.9 Å². The number of nitrogens with two attached hydrogens (primary N) is 3. The van der Waals surface area contributed by atoms with Gasteiger partial charge >= 0.3 is 11.7 Å². The Morgan fingerprint density at radius 1 is 1.56 bits per heavy atom. The van der Waals surface area contributed by atoms with Gasteiger partial charge in [0.2, 0.25) is 0 Å². The molecular formula is C15H22N6O6. The molecule has 0 radical (unpaired) electrons. The molecule has 12 nitrogen and oxygen atoms in total. The zero-order valence-corrected chi connectivity index (χ0v) is 14.4. The molecule has 12 heteroatoms. The van der Waals surface area contributed by atoms with Gasteiger partial charge in [-0.2, -0.15) is 10.2 Å². The number of rotatable bonds is 7. The number of esters is 1. The van der Waals surface area contributed by atoms with Crippen LogP contribution in [0, 0.1) is 11.3 Å². The normalized spacial score (nSPS) is 28.5. The SMILES string of the molecule is N#C[C@@]1(n2ccc(N)nc2=O)O[C@H](COC(=O)[C@H](N)CCCN)C(O)C1O. The molecule has 1 aromatic heterocycles. The van der Waals surface area contributed by atoms with E-state index >= 15 is 0 Å². The molecular weight excluding hydrogens is 360 g/mol. The fraction of sp³-hybridized carbons (Fsp3) is 0.600. The summed E-state index contributed by atoms with van der Waals surface area (Å²) in [6.07, 6.45) is -2.72. The number of aliphatic hydroxyl groups excluding tert-OH is 2. The van der Waals surface area contributed by atoms with Crippen LogP contribution in [0.15, 0.2) is 17.1 Å². The number of anilines is 1. The van der Waals surface area contributed by atoms with E-state index in [1.165, 1.54) is 6.07 Å². The highest BCUT2D eigenvalue weighted by molar-refractivity contribution is 5.75. The minimum Gasteiger partial charge on any atom is -0.462 e. The Kier molecular flexibility index (Phi) is 6.47. The van der Waals surface area contributed by atoms with Crippen LogP contribution >= 0.6 is 0 Å². The van der Waals surface area contributed by atoms with Crippen LogP contribution in [0.4, 0.5) is 5.82 Å². The zero-order valence-electron chi connectivity index (χ0n) is 14.4. The molecule has 8 N–H and O–H groups in total. The van der Waals surface area contributed by atoms with E-state index in [1.54, 1.807) is 6.07 Å². The molecule has 2 heterocycles.